The van der Waals surface area contributed by atoms with E-state index in [0.29, 0.717) is 37.9 Å². The largest absolute Gasteiger partial charge is 0.497 e. The molecule has 196 valence electrons. The van der Waals surface area contributed by atoms with Crippen LogP contribution < -0.4 is 19.3 Å². The van der Waals surface area contributed by atoms with Crippen molar-refractivity contribution in [3.8, 4) is 11.6 Å². The van der Waals surface area contributed by atoms with Crippen molar-refractivity contribution < 1.29 is 23.0 Å². The molecule has 1 unspecified atom stereocenters. The Labute approximate surface area is 216 Å². The van der Waals surface area contributed by atoms with Crippen LogP contribution in [0, 0.1) is 0 Å². The predicted molar refractivity (Wildman–Crippen MR) is 140 cm³/mol. The number of pyridine rings is 1. The van der Waals surface area contributed by atoms with Gasteiger partial charge in [0.15, 0.2) is 0 Å². The van der Waals surface area contributed by atoms with Gasteiger partial charge in [-0.2, -0.15) is 4.98 Å². The molecule has 0 bridgehead atoms. The van der Waals surface area contributed by atoms with Crippen molar-refractivity contribution in [2.45, 2.75) is 37.8 Å². The van der Waals surface area contributed by atoms with Crippen molar-refractivity contribution in [2.24, 2.45) is 0 Å². The van der Waals surface area contributed by atoms with E-state index < -0.39 is 5.92 Å². The lowest BCUT2D eigenvalue weighted by Gasteiger charge is -2.41. The van der Waals surface area contributed by atoms with E-state index in [1.165, 1.54) is 0 Å². The zero-order chi connectivity index (χ0) is 25.7. The minimum absolute atomic E-state index is 0.191. The van der Waals surface area contributed by atoms with E-state index in [2.05, 4.69) is 4.90 Å². The summed E-state index contributed by atoms with van der Waals surface area (Å²) >= 11 is 0. The van der Waals surface area contributed by atoms with E-state index in [0.717, 1.165) is 35.7 Å². The van der Waals surface area contributed by atoms with Gasteiger partial charge in [-0.05, 0) is 29.7 Å². The number of benzene rings is 2. The third-order valence-corrected chi connectivity index (χ3v) is 7.00. The zero-order valence-corrected chi connectivity index (χ0v) is 21.1. The van der Waals surface area contributed by atoms with Gasteiger partial charge in [0.2, 0.25) is 5.88 Å². The molecule has 2 saturated heterocycles. The Kier molecular flexibility index (Phi) is 7.74. The number of methoxy groups -OCH3 is 1. The quantitative estimate of drug-likeness (QED) is 0.408. The molecule has 37 heavy (non-hydrogen) atoms. The van der Waals surface area contributed by atoms with Crippen molar-refractivity contribution in [1.82, 2.24) is 4.98 Å². The topological polar surface area (TPSA) is 47.1 Å². The van der Waals surface area contributed by atoms with Gasteiger partial charge in [-0.25, -0.2) is 8.78 Å². The van der Waals surface area contributed by atoms with E-state index in [4.69, 9.17) is 19.2 Å². The van der Waals surface area contributed by atoms with Gasteiger partial charge in [0.1, 0.15) is 18.2 Å². The molecule has 1 aromatic heterocycles. The number of rotatable bonds is 8. The highest BCUT2D eigenvalue weighted by Gasteiger charge is 2.41. The van der Waals surface area contributed by atoms with Crippen LogP contribution in [0.5, 0.6) is 11.6 Å². The fourth-order valence-corrected chi connectivity index (χ4v) is 4.98. The van der Waals surface area contributed by atoms with Gasteiger partial charge in [-0.1, -0.05) is 42.5 Å². The molecule has 0 aliphatic carbocycles. The molecule has 1 atom stereocenters. The highest BCUT2D eigenvalue weighted by atomic mass is 19.3. The van der Waals surface area contributed by atoms with Crippen LogP contribution >= 0.6 is 0 Å². The summed E-state index contributed by atoms with van der Waals surface area (Å²) in [6.45, 7) is 3.38. The van der Waals surface area contributed by atoms with E-state index in [-0.39, 0.29) is 25.4 Å². The minimum Gasteiger partial charge on any atom is -0.497 e. The fraction of sp³-hybridized carbons (Fsp3) is 0.414. The number of aromatic nitrogens is 1. The molecule has 2 aliphatic rings. The van der Waals surface area contributed by atoms with Crippen LogP contribution in [0.4, 0.5) is 20.3 Å². The smallest absolute Gasteiger partial charge is 0.251 e. The molecule has 0 radical (unpaired) electrons. The van der Waals surface area contributed by atoms with Crippen LogP contribution in [0.3, 0.4) is 0 Å². The summed E-state index contributed by atoms with van der Waals surface area (Å²) in [6, 6.07) is 21.1. The Morgan fingerprint density at radius 2 is 1.73 bits per heavy atom. The van der Waals surface area contributed by atoms with E-state index in [1.807, 2.05) is 71.6 Å². The maximum absolute atomic E-state index is 14.6. The number of alkyl halides is 2. The molecule has 8 heteroatoms. The molecule has 0 saturated carbocycles. The Hall–Kier alpha value is -3.39. The average molecular weight is 510 g/mol. The normalized spacial score (nSPS) is 19.5. The Morgan fingerprint density at radius 3 is 2.46 bits per heavy atom. The Morgan fingerprint density at radius 1 is 0.973 bits per heavy atom. The second-order valence-corrected chi connectivity index (χ2v) is 9.60. The maximum Gasteiger partial charge on any atom is 0.251 e. The van der Waals surface area contributed by atoms with Crippen LogP contribution in [0.15, 0.2) is 66.7 Å². The van der Waals surface area contributed by atoms with Crippen molar-refractivity contribution in [2.75, 3.05) is 49.8 Å². The summed E-state index contributed by atoms with van der Waals surface area (Å²) in [5.74, 6) is -0.758. The molecule has 0 amide bonds. The molecule has 2 aliphatic heterocycles. The second kappa shape index (κ2) is 11.3. The van der Waals surface area contributed by atoms with Gasteiger partial charge >= 0.3 is 0 Å². The standard InChI is InChI=1S/C29H33F2N3O3/c1-35-26-9-7-23(8-10-26)21-37-28-19-24(33-13-15-36-16-14-33)18-27(32-28)34-12-11-29(30,31)20-25(34)17-22-5-3-2-4-6-22/h2-10,18-19,25H,11-17,20-21H2,1H3. The van der Waals surface area contributed by atoms with Gasteiger partial charge in [0.25, 0.3) is 5.92 Å². The van der Waals surface area contributed by atoms with Gasteiger partial charge in [0, 0.05) is 56.3 Å². The number of morpholine rings is 1. The number of hydrogen-bond acceptors (Lipinski definition) is 6. The molecule has 2 fully saturated rings. The summed E-state index contributed by atoms with van der Waals surface area (Å²) < 4.78 is 46.0. The number of hydrogen-bond donors (Lipinski definition) is 0. The minimum atomic E-state index is -2.69. The monoisotopic (exact) mass is 509 g/mol. The summed E-state index contributed by atoms with van der Waals surface area (Å²) in [5.41, 5.74) is 2.99. The van der Waals surface area contributed by atoms with Crippen LogP contribution in [0.2, 0.25) is 0 Å². The molecule has 3 aromatic rings. The van der Waals surface area contributed by atoms with E-state index in [9.17, 15) is 8.78 Å². The third-order valence-electron chi connectivity index (χ3n) is 7.00. The number of anilines is 2. The Balaban J connectivity index is 1.43. The SMILES string of the molecule is COc1ccc(COc2cc(N3CCOCC3)cc(N3CCC(F)(F)CC3Cc3ccccc3)n2)cc1. The van der Waals surface area contributed by atoms with Crippen molar-refractivity contribution in [1.29, 1.82) is 0 Å². The Bertz CT molecular complexity index is 1150. The molecular formula is C29H33F2N3O3. The molecule has 5 rings (SSSR count). The summed E-state index contributed by atoms with van der Waals surface area (Å²) in [6.07, 6.45) is 0.138. The van der Waals surface area contributed by atoms with Crippen molar-refractivity contribution >= 4 is 11.5 Å². The van der Waals surface area contributed by atoms with Crippen LogP contribution in [-0.4, -0.2) is 56.9 Å². The number of ether oxygens (including phenoxy) is 3. The summed E-state index contributed by atoms with van der Waals surface area (Å²) in [4.78, 5) is 9.09. The van der Waals surface area contributed by atoms with Crippen molar-refractivity contribution in [3.63, 3.8) is 0 Å². The first kappa shape index (κ1) is 25.3. The highest BCUT2D eigenvalue weighted by molar-refractivity contribution is 5.59. The second-order valence-electron chi connectivity index (χ2n) is 9.60. The van der Waals surface area contributed by atoms with Crippen LogP contribution in [-0.2, 0) is 17.8 Å². The number of piperidine rings is 1. The third kappa shape index (κ3) is 6.49. The van der Waals surface area contributed by atoms with E-state index >= 15 is 0 Å². The van der Waals surface area contributed by atoms with Gasteiger partial charge in [0.05, 0.1) is 20.3 Å². The van der Waals surface area contributed by atoms with Gasteiger partial charge in [-0.3, -0.25) is 0 Å². The van der Waals surface area contributed by atoms with Crippen LogP contribution in [0.1, 0.15) is 24.0 Å². The summed E-state index contributed by atoms with van der Waals surface area (Å²) in [5, 5.41) is 0. The molecule has 0 N–H and O–H groups in total. The van der Waals surface area contributed by atoms with Gasteiger partial charge < -0.3 is 24.0 Å². The first-order chi connectivity index (χ1) is 18.0. The molecule has 6 nitrogen and oxygen atoms in total. The molecular weight excluding hydrogens is 476 g/mol. The van der Waals surface area contributed by atoms with Crippen molar-refractivity contribution in [3.05, 3.63) is 77.9 Å². The van der Waals surface area contributed by atoms with Crippen LogP contribution in [0.25, 0.3) is 0 Å². The highest BCUT2D eigenvalue weighted by Crippen LogP contribution is 2.37. The molecule has 0 spiro atoms. The summed E-state index contributed by atoms with van der Waals surface area (Å²) in [7, 11) is 1.63. The molecule has 3 heterocycles. The number of nitrogens with zero attached hydrogens (tertiary/aromatic N) is 3. The molecule has 2 aromatic carbocycles. The average Bonchev–Trinajstić information content (AvgIpc) is 2.93. The number of halogens is 2. The predicted octanol–water partition coefficient (Wildman–Crippen LogP) is 5.35. The lowest BCUT2D eigenvalue weighted by Crippen LogP contribution is -2.48. The lowest BCUT2D eigenvalue weighted by atomic mass is 9.93. The van der Waals surface area contributed by atoms with E-state index in [1.54, 1.807) is 7.11 Å². The lowest BCUT2D eigenvalue weighted by molar-refractivity contribution is -0.0338. The van der Waals surface area contributed by atoms with Gasteiger partial charge in [-0.15, -0.1) is 0 Å². The first-order valence-electron chi connectivity index (χ1n) is 12.8. The first-order valence-corrected chi connectivity index (χ1v) is 12.8. The maximum atomic E-state index is 14.6. The zero-order valence-electron chi connectivity index (χ0n) is 21.1. The fourth-order valence-electron chi connectivity index (χ4n) is 4.98.